The average molecular weight is 413 g/mol. The molecule has 2 aromatic heterocycles. The first-order valence-electron chi connectivity index (χ1n) is 9.88. The number of ether oxygens (including phenoxy) is 1. The summed E-state index contributed by atoms with van der Waals surface area (Å²) >= 11 is 0. The summed E-state index contributed by atoms with van der Waals surface area (Å²) in [6.45, 7) is 4.15. The van der Waals surface area contributed by atoms with E-state index in [1.165, 1.54) is 0 Å². The van der Waals surface area contributed by atoms with E-state index in [2.05, 4.69) is 26.2 Å². The van der Waals surface area contributed by atoms with Crippen LogP contribution in [0.3, 0.4) is 0 Å². The molecule has 1 saturated carbocycles. The Morgan fingerprint density at radius 1 is 1.24 bits per heavy atom. The summed E-state index contributed by atoms with van der Waals surface area (Å²) in [6, 6.07) is 9.89. The third-order valence-electron chi connectivity index (χ3n) is 5.44. The van der Waals surface area contributed by atoms with Crippen molar-refractivity contribution in [2.75, 3.05) is 30.9 Å². The van der Waals surface area contributed by atoms with Crippen LogP contribution >= 0.6 is 0 Å². The molecule has 2 aliphatic rings. The summed E-state index contributed by atoms with van der Waals surface area (Å²) in [5, 5.41) is 0.167. The highest BCUT2D eigenvalue weighted by molar-refractivity contribution is 7.93. The largest absolute Gasteiger partial charge is 0.377 e. The predicted octanol–water partition coefficient (Wildman–Crippen LogP) is 2.93. The van der Waals surface area contributed by atoms with Crippen LogP contribution < -0.4 is 4.90 Å². The van der Waals surface area contributed by atoms with Crippen molar-refractivity contribution in [1.29, 1.82) is 0 Å². The van der Waals surface area contributed by atoms with E-state index in [-0.39, 0.29) is 11.3 Å². The molecule has 0 radical (unpaired) electrons. The number of morpholine rings is 1. The van der Waals surface area contributed by atoms with E-state index < -0.39 is 9.73 Å². The van der Waals surface area contributed by atoms with E-state index in [1.54, 1.807) is 12.6 Å². The van der Waals surface area contributed by atoms with Gasteiger partial charge in [0.15, 0.2) is 5.82 Å². The fourth-order valence-corrected chi connectivity index (χ4v) is 5.29. The molecule has 9 heteroatoms. The number of benzene rings is 1. The molecule has 0 N–H and O–H groups in total. The zero-order valence-electron chi connectivity index (χ0n) is 16.6. The van der Waals surface area contributed by atoms with Gasteiger partial charge in [-0.15, -0.1) is 0 Å². The monoisotopic (exact) mass is 412 g/mol. The quantitative estimate of drug-likeness (QED) is 0.655. The second kappa shape index (κ2) is 7.07. The molecule has 0 amide bonds. The van der Waals surface area contributed by atoms with Gasteiger partial charge in [0.05, 0.1) is 40.0 Å². The van der Waals surface area contributed by atoms with Crippen molar-refractivity contribution in [3.05, 3.63) is 36.7 Å². The van der Waals surface area contributed by atoms with Gasteiger partial charge in [-0.3, -0.25) is 4.57 Å². The number of imidazole rings is 1. The van der Waals surface area contributed by atoms with E-state index in [0.29, 0.717) is 25.0 Å². The smallest absolute Gasteiger partial charge is 0.239 e. The minimum atomic E-state index is -2.31. The molecule has 3 heterocycles. The summed E-state index contributed by atoms with van der Waals surface area (Å²) in [5.74, 6) is 1.72. The topological polar surface area (TPSA) is 85.5 Å². The highest BCUT2D eigenvalue weighted by Crippen LogP contribution is 2.32. The maximum absolute atomic E-state index is 13.0. The lowest BCUT2D eigenvalue weighted by Crippen LogP contribution is -2.44. The van der Waals surface area contributed by atoms with Crippen LogP contribution in [0.4, 0.5) is 11.6 Å². The van der Waals surface area contributed by atoms with Crippen molar-refractivity contribution in [1.82, 2.24) is 19.5 Å². The van der Waals surface area contributed by atoms with Crippen LogP contribution in [0.2, 0.25) is 0 Å². The van der Waals surface area contributed by atoms with Crippen molar-refractivity contribution in [2.45, 2.75) is 31.1 Å². The van der Waals surface area contributed by atoms with Gasteiger partial charge in [-0.25, -0.2) is 9.19 Å². The number of anilines is 1. The van der Waals surface area contributed by atoms with Crippen LogP contribution in [0.25, 0.3) is 17.0 Å². The van der Waals surface area contributed by atoms with Gasteiger partial charge >= 0.3 is 0 Å². The van der Waals surface area contributed by atoms with Crippen LogP contribution in [0, 0.1) is 0 Å². The van der Waals surface area contributed by atoms with Crippen LogP contribution in [-0.4, -0.2) is 61.0 Å². The molecule has 1 aromatic carbocycles. The molecule has 2 fully saturated rings. The first kappa shape index (κ1) is 18.5. The number of hydrogen-bond acceptors (Lipinski definition) is 7. The number of rotatable bonds is 4. The Kier molecular flexibility index (Phi) is 4.51. The molecule has 3 aromatic rings. The molecular weight excluding hydrogens is 388 g/mol. The molecule has 5 rings (SSSR count). The minimum absolute atomic E-state index is 0.167. The fraction of sp³-hybridized carbons (Fsp3) is 0.450. The SMILES string of the molecule is C[C@@H]1COCCN1c1cc(N=[S@@](C)(=O)C2CC2)nc(-n2cnc3ccccc32)n1. The number of aromatic nitrogens is 4. The molecular formula is C20H24N6O2S. The first-order valence-corrected chi connectivity index (χ1v) is 11.9. The fourth-order valence-electron chi connectivity index (χ4n) is 3.66. The summed E-state index contributed by atoms with van der Waals surface area (Å²) in [7, 11) is -2.31. The summed E-state index contributed by atoms with van der Waals surface area (Å²) in [5.41, 5.74) is 1.79. The number of fused-ring (bicyclic) bond motifs is 1. The van der Waals surface area contributed by atoms with Crippen molar-refractivity contribution >= 4 is 32.4 Å². The molecule has 0 unspecified atom stereocenters. The van der Waals surface area contributed by atoms with Crippen LogP contribution in [0.5, 0.6) is 0 Å². The molecule has 0 spiro atoms. The number of nitrogens with zero attached hydrogens (tertiary/aromatic N) is 6. The molecule has 29 heavy (non-hydrogen) atoms. The molecule has 0 bridgehead atoms. The van der Waals surface area contributed by atoms with E-state index in [4.69, 9.17) is 9.72 Å². The maximum Gasteiger partial charge on any atom is 0.239 e. The average Bonchev–Trinajstić information content (AvgIpc) is 3.48. The molecule has 152 valence electrons. The van der Waals surface area contributed by atoms with Crippen LogP contribution in [0.15, 0.2) is 41.0 Å². The van der Waals surface area contributed by atoms with Gasteiger partial charge in [0.25, 0.3) is 0 Å². The second-order valence-electron chi connectivity index (χ2n) is 7.76. The van der Waals surface area contributed by atoms with Gasteiger partial charge in [-0.1, -0.05) is 12.1 Å². The van der Waals surface area contributed by atoms with Gasteiger partial charge in [0.2, 0.25) is 5.95 Å². The highest BCUT2D eigenvalue weighted by Gasteiger charge is 2.31. The summed E-state index contributed by atoms with van der Waals surface area (Å²) in [6.07, 6.45) is 5.39. The van der Waals surface area contributed by atoms with Gasteiger partial charge in [-0.05, 0) is 31.9 Å². The van der Waals surface area contributed by atoms with Gasteiger partial charge in [-0.2, -0.15) is 14.3 Å². The zero-order chi connectivity index (χ0) is 20.0. The normalized spacial score (nSPS) is 21.9. The van der Waals surface area contributed by atoms with E-state index in [1.807, 2.05) is 34.9 Å². The Morgan fingerprint density at radius 3 is 2.86 bits per heavy atom. The Morgan fingerprint density at radius 2 is 2.07 bits per heavy atom. The molecule has 1 aliphatic carbocycles. The molecule has 1 saturated heterocycles. The highest BCUT2D eigenvalue weighted by atomic mass is 32.2. The lowest BCUT2D eigenvalue weighted by molar-refractivity contribution is 0.0985. The predicted molar refractivity (Wildman–Crippen MR) is 113 cm³/mol. The van der Waals surface area contributed by atoms with E-state index >= 15 is 0 Å². The van der Waals surface area contributed by atoms with Gasteiger partial charge < -0.3 is 9.64 Å². The maximum atomic E-state index is 13.0. The van der Waals surface area contributed by atoms with Crippen LogP contribution in [-0.2, 0) is 14.5 Å². The number of para-hydroxylation sites is 2. The Bertz CT molecular complexity index is 1180. The molecule has 2 atom stereocenters. The zero-order valence-corrected chi connectivity index (χ0v) is 17.4. The van der Waals surface area contributed by atoms with Crippen LogP contribution in [0.1, 0.15) is 19.8 Å². The molecule has 8 nitrogen and oxygen atoms in total. The van der Waals surface area contributed by atoms with Crippen molar-refractivity contribution in [2.24, 2.45) is 4.36 Å². The van der Waals surface area contributed by atoms with E-state index in [9.17, 15) is 4.21 Å². The standard InChI is InChI=1S/C20H24N6O2S/c1-14-12-28-10-9-25(14)19-11-18(24-29(2,27)15-7-8-15)22-20(23-19)26-13-21-16-5-3-4-6-17(16)26/h3-6,11,13-15H,7-10,12H2,1-2H3/t14-,29+/m1/s1. The third-order valence-corrected chi connectivity index (χ3v) is 7.69. The van der Waals surface area contributed by atoms with Gasteiger partial charge in [0.1, 0.15) is 12.1 Å². The van der Waals surface area contributed by atoms with Gasteiger partial charge in [0, 0.05) is 24.1 Å². The summed E-state index contributed by atoms with van der Waals surface area (Å²) < 4.78 is 25.0. The van der Waals surface area contributed by atoms with Crippen molar-refractivity contribution < 1.29 is 8.95 Å². The summed E-state index contributed by atoms with van der Waals surface area (Å²) in [4.78, 5) is 16.1. The number of hydrogen-bond donors (Lipinski definition) is 0. The third kappa shape index (κ3) is 3.60. The van der Waals surface area contributed by atoms with Crippen molar-refractivity contribution in [3.8, 4) is 5.95 Å². The Labute approximate surface area is 170 Å². The Balaban J connectivity index is 1.66. The first-order chi connectivity index (χ1) is 14.0. The lowest BCUT2D eigenvalue weighted by atomic mass is 10.2. The Hall–Kier alpha value is -2.52. The van der Waals surface area contributed by atoms with E-state index in [0.717, 1.165) is 36.2 Å². The molecule has 1 aliphatic heterocycles. The van der Waals surface area contributed by atoms with Crippen molar-refractivity contribution in [3.63, 3.8) is 0 Å². The second-order valence-corrected chi connectivity index (χ2v) is 10.3. The minimum Gasteiger partial charge on any atom is -0.377 e. The lowest BCUT2D eigenvalue weighted by Gasteiger charge is -2.34.